The minimum atomic E-state index is -2.95. The molecule has 0 spiro atoms. The summed E-state index contributed by atoms with van der Waals surface area (Å²) in [7, 11) is 0. The number of aryl methyl sites for hydroxylation is 1. The zero-order chi connectivity index (χ0) is 22.5. The van der Waals surface area contributed by atoms with E-state index in [1.54, 1.807) is 54.8 Å². The number of aromatic nitrogens is 3. The smallest absolute Gasteiger partial charge is 0.387 e. The summed E-state index contributed by atoms with van der Waals surface area (Å²) in [6.07, 6.45) is 0. The molecule has 11 heteroatoms. The van der Waals surface area contributed by atoms with Gasteiger partial charge in [0.25, 0.3) is 5.91 Å². The van der Waals surface area contributed by atoms with Gasteiger partial charge in [0.05, 0.1) is 5.69 Å². The number of amides is 1. The summed E-state index contributed by atoms with van der Waals surface area (Å²) < 4.78 is 40.2. The number of alkyl halides is 2. The standard InChI is InChI=1S/C21H16F2N4O4S/c1-12-24-18(27-31-12)10-29-14-8-6-13(7-9-14)19(28)26-21-25-16(11-32-21)15-4-2-3-5-17(15)30-20(22)23/h2-9,11,20H,10H2,1H3,(H,25,26,28). The van der Waals surface area contributed by atoms with Crippen LogP contribution in [0.1, 0.15) is 22.1 Å². The fourth-order valence-corrected chi connectivity index (χ4v) is 3.46. The molecule has 32 heavy (non-hydrogen) atoms. The maximum absolute atomic E-state index is 12.6. The summed E-state index contributed by atoms with van der Waals surface area (Å²) >= 11 is 1.17. The maximum Gasteiger partial charge on any atom is 0.387 e. The topological polar surface area (TPSA) is 99.4 Å². The second kappa shape index (κ2) is 9.52. The molecule has 4 aromatic rings. The first kappa shape index (κ1) is 21.4. The number of benzene rings is 2. The number of carbonyl (C=O) groups excluding carboxylic acids is 1. The lowest BCUT2D eigenvalue weighted by molar-refractivity contribution is -0.0494. The highest BCUT2D eigenvalue weighted by molar-refractivity contribution is 7.14. The van der Waals surface area contributed by atoms with E-state index in [1.807, 2.05) is 0 Å². The maximum atomic E-state index is 12.6. The molecule has 0 fully saturated rings. The van der Waals surface area contributed by atoms with Gasteiger partial charge in [-0.05, 0) is 36.4 Å². The molecule has 0 saturated heterocycles. The minimum Gasteiger partial charge on any atom is -0.485 e. The molecular formula is C21H16F2N4O4S. The van der Waals surface area contributed by atoms with Crippen molar-refractivity contribution < 1.29 is 27.6 Å². The number of carbonyl (C=O) groups is 1. The molecule has 164 valence electrons. The molecule has 0 aliphatic heterocycles. The summed E-state index contributed by atoms with van der Waals surface area (Å²) in [5.41, 5.74) is 1.22. The Bertz CT molecular complexity index is 1210. The van der Waals surface area contributed by atoms with Crippen LogP contribution in [0.3, 0.4) is 0 Å². The quantitative estimate of drug-likeness (QED) is 0.399. The van der Waals surface area contributed by atoms with Crippen molar-refractivity contribution in [3.8, 4) is 22.8 Å². The predicted octanol–water partition coefficient (Wildman–Crippen LogP) is 4.93. The number of para-hydroxylation sites is 1. The lowest BCUT2D eigenvalue weighted by Crippen LogP contribution is -2.11. The zero-order valence-corrected chi connectivity index (χ0v) is 17.4. The number of thiazole rings is 1. The second-order valence-corrected chi connectivity index (χ2v) is 7.27. The first-order valence-electron chi connectivity index (χ1n) is 9.31. The van der Waals surface area contributed by atoms with Crippen LogP contribution in [0.4, 0.5) is 13.9 Å². The fraction of sp³-hybridized carbons (Fsp3) is 0.143. The van der Waals surface area contributed by atoms with Crippen molar-refractivity contribution in [1.29, 1.82) is 0 Å². The van der Waals surface area contributed by atoms with Crippen molar-refractivity contribution in [3.05, 3.63) is 71.2 Å². The molecule has 1 amide bonds. The first-order valence-corrected chi connectivity index (χ1v) is 10.2. The highest BCUT2D eigenvalue weighted by Crippen LogP contribution is 2.33. The Morgan fingerprint density at radius 1 is 1.16 bits per heavy atom. The molecule has 2 aromatic carbocycles. The van der Waals surface area contributed by atoms with Crippen molar-refractivity contribution in [3.63, 3.8) is 0 Å². The summed E-state index contributed by atoms with van der Waals surface area (Å²) in [6.45, 7) is -1.12. The van der Waals surface area contributed by atoms with Crippen LogP contribution in [0.5, 0.6) is 11.5 Å². The third-order valence-electron chi connectivity index (χ3n) is 4.16. The van der Waals surface area contributed by atoms with E-state index in [1.165, 1.54) is 17.4 Å². The summed E-state index contributed by atoms with van der Waals surface area (Å²) in [5.74, 6) is 1.05. The van der Waals surface area contributed by atoms with Crippen LogP contribution < -0.4 is 14.8 Å². The molecule has 2 heterocycles. The number of hydrogen-bond donors (Lipinski definition) is 1. The number of anilines is 1. The number of rotatable bonds is 8. The van der Waals surface area contributed by atoms with E-state index >= 15 is 0 Å². The monoisotopic (exact) mass is 458 g/mol. The molecule has 8 nitrogen and oxygen atoms in total. The number of hydrogen-bond acceptors (Lipinski definition) is 8. The van der Waals surface area contributed by atoms with E-state index in [4.69, 9.17) is 9.26 Å². The van der Waals surface area contributed by atoms with E-state index in [2.05, 4.69) is 25.2 Å². The average molecular weight is 458 g/mol. The molecule has 0 radical (unpaired) electrons. The van der Waals surface area contributed by atoms with Crippen LogP contribution in [0.2, 0.25) is 0 Å². The number of nitrogens with zero attached hydrogens (tertiary/aromatic N) is 3. The molecule has 0 atom stereocenters. The van der Waals surface area contributed by atoms with Crippen molar-refractivity contribution in [1.82, 2.24) is 15.1 Å². The van der Waals surface area contributed by atoms with Crippen molar-refractivity contribution in [2.75, 3.05) is 5.32 Å². The molecule has 0 aliphatic rings. The molecule has 0 saturated carbocycles. The zero-order valence-electron chi connectivity index (χ0n) is 16.6. The van der Waals surface area contributed by atoms with Gasteiger partial charge in [-0.15, -0.1) is 11.3 Å². The van der Waals surface area contributed by atoms with Crippen LogP contribution in [0, 0.1) is 6.92 Å². The van der Waals surface area contributed by atoms with Gasteiger partial charge in [0.1, 0.15) is 11.5 Å². The van der Waals surface area contributed by atoms with Gasteiger partial charge >= 0.3 is 6.61 Å². The van der Waals surface area contributed by atoms with E-state index in [0.29, 0.717) is 39.4 Å². The second-order valence-electron chi connectivity index (χ2n) is 6.41. The summed E-state index contributed by atoms with van der Waals surface area (Å²) in [4.78, 5) is 20.9. The third-order valence-corrected chi connectivity index (χ3v) is 4.92. The number of nitrogens with one attached hydrogen (secondary N) is 1. The van der Waals surface area contributed by atoms with E-state index in [-0.39, 0.29) is 18.3 Å². The van der Waals surface area contributed by atoms with Crippen molar-refractivity contribution in [2.24, 2.45) is 0 Å². The average Bonchev–Trinajstić information content (AvgIpc) is 3.41. The molecular weight excluding hydrogens is 442 g/mol. The van der Waals surface area contributed by atoms with Crippen LogP contribution >= 0.6 is 11.3 Å². The highest BCUT2D eigenvalue weighted by Gasteiger charge is 2.15. The van der Waals surface area contributed by atoms with Gasteiger partial charge in [-0.1, -0.05) is 17.3 Å². The van der Waals surface area contributed by atoms with Gasteiger partial charge in [0.15, 0.2) is 11.7 Å². The Morgan fingerprint density at radius 3 is 2.66 bits per heavy atom. The van der Waals surface area contributed by atoms with Gasteiger partial charge in [0.2, 0.25) is 11.7 Å². The Labute approximate surface area is 184 Å². The van der Waals surface area contributed by atoms with E-state index < -0.39 is 6.61 Å². The molecule has 1 N–H and O–H groups in total. The predicted molar refractivity (Wildman–Crippen MR) is 112 cm³/mol. The van der Waals surface area contributed by atoms with Gasteiger partial charge < -0.3 is 14.0 Å². The highest BCUT2D eigenvalue weighted by atomic mass is 32.1. The van der Waals surface area contributed by atoms with Gasteiger partial charge in [-0.3, -0.25) is 10.1 Å². The van der Waals surface area contributed by atoms with Crippen LogP contribution in [0.15, 0.2) is 58.4 Å². The van der Waals surface area contributed by atoms with E-state index in [0.717, 1.165) is 0 Å². The van der Waals surface area contributed by atoms with Crippen LogP contribution in [-0.4, -0.2) is 27.6 Å². The lowest BCUT2D eigenvalue weighted by Gasteiger charge is -2.08. The molecule has 4 rings (SSSR count). The molecule has 2 aromatic heterocycles. The Kier molecular flexibility index (Phi) is 6.36. The molecule has 0 unspecified atom stereocenters. The normalized spacial score (nSPS) is 10.9. The van der Waals surface area contributed by atoms with E-state index in [9.17, 15) is 13.6 Å². The van der Waals surface area contributed by atoms with Crippen molar-refractivity contribution >= 4 is 22.4 Å². The van der Waals surface area contributed by atoms with Crippen LogP contribution in [-0.2, 0) is 6.61 Å². The summed E-state index contributed by atoms with van der Waals surface area (Å²) in [6, 6.07) is 12.8. The first-order chi connectivity index (χ1) is 15.5. The molecule has 0 aliphatic carbocycles. The lowest BCUT2D eigenvalue weighted by atomic mass is 10.1. The SMILES string of the molecule is Cc1nc(COc2ccc(C(=O)Nc3nc(-c4ccccc4OC(F)F)cs3)cc2)no1. The Morgan fingerprint density at radius 2 is 1.94 bits per heavy atom. The van der Waals surface area contributed by atoms with Gasteiger partial charge in [-0.25, -0.2) is 4.98 Å². The van der Waals surface area contributed by atoms with Gasteiger partial charge in [-0.2, -0.15) is 13.8 Å². The third kappa shape index (κ3) is 5.24. The number of halogens is 2. The fourth-order valence-electron chi connectivity index (χ4n) is 2.75. The Hall–Kier alpha value is -3.86. The van der Waals surface area contributed by atoms with Gasteiger partial charge in [0, 0.05) is 23.4 Å². The molecule has 0 bridgehead atoms. The Balaban J connectivity index is 1.39. The largest absolute Gasteiger partial charge is 0.485 e. The van der Waals surface area contributed by atoms with Crippen LogP contribution in [0.25, 0.3) is 11.3 Å². The summed E-state index contributed by atoms with van der Waals surface area (Å²) in [5, 5.41) is 8.41. The van der Waals surface area contributed by atoms with Crippen molar-refractivity contribution in [2.45, 2.75) is 20.1 Å². The minimum absolute atomic E-state index is 0.0113. The number of ether oxygens (including phenoxy) is 2.